The van der Waals surface area contributed by atoms with Crippen LogP contribution in [0.25, 0.3) is 10.2 Å². The first kappa shape index (κ1) is 10.3. The molecule has 0 aromatic carbocycles. The van der Waals surface area contributed by atoms with Gasteiger partial charge >= 0.3 is 0 Å². The number of likely N-dealkylation sites (N-methyl/N-ethyl adjacent to an activating group) is 1. The molecule has 2 aromatic rings. The molecule has 5 heteroatoms. The molecule has 86 valence electrons. The number of hydrogen-bond donors (Lipinski definition) is 1. The number of quaternary nitrogens is 1. The van der Waals surface area contributed by atoms with Gasteiger partial charge in [-0.25, -0.2) is 0 Å². The molecule has 1 N–H and O–H groups in total. The molecule has 0 amide bonds. The molecule has 0 spiro atoms. The first-order valence-electron chi connectivity index (χ1n) is 5.60. The maximum atomic E-state index is 5.88. The third kappa shape index (κ3) is 1.55. The zero-order chi connectivity index (χ0) is 11.1. The van der Waals surface area contributed by atoms with Crippen LogP contribution in [0, 0.1) is 0 Å². The second-order valence-corrected chi connectivity index (χ2v) is 5.43. The van der Waals surface area contributed by atoms with Gasteiger partial charge in [0, 0.05) is 0 Å². The van der Waals surface area contributed by atoms with Crippen LogP contribution < -0.4 is 4.90 Å². The number of rotatable bonds is 2. The summed E-state index contributed by atoms with van der Waals surface area (Å²) in [6.07, 6.45) is 0.197. The summed E-state index contributed by atoms with van der Waals surface area (Å²) in [5.74, 6) is 0. The molecule has 2 aromatic heterocycles. The second kappa shape index (κ2) is 3.84. The summed E-state index contributed by atoms with van der Waals surface area (Å²) in [5.41, 5.74) is 2.39. The van der Waals surface area contributed by atoms with Gasteiger partial charge in [0.25, 0.3) is 0 Å². The summed E-state index contributed by atoms with van der Waals surface area (Å²) in [6.45, 7) is 2.66. The lowest BCUT2D eigenvalue weighted by molar-refractivity contribution is -0.862. The van der Waals surface area contributed by atoms with Gasteiger partial charge in [-0.3, -0.25) is 4.68 Å². The van der Waals surface area contributed by atoms with Gasteiger partial charge in [-0.15, -0.1) is 11.3 Å². The highest BCUT2D eigenvalue weighted by molar-refractivity contribution is 7.17. The van der Waals surface area contributed by atoms with Crippen LogP contribution in [0.1, 0.15) is 11.8 Å². The van der Waals surface area contributed by atoms with Crippen LogP contribution >= 0.6 is 11.3 Å². The summed E-state index contributed by atoms with van der Waals surface area (Å²) < 4.78 is 9.30. The number of thiophene rings is 1. The van der Waals surface area contributed by atoms with Crippen molar-refractivity contribution in [3.8, 4) is 0 Å². The summed E-state index contributed by atoms with van der Waals surface area (Å²) in [5, 5.41) is 6.71. The highest BCUT2D eigenvalue weighted by Gasteiger charge is 2.27. The first-order chi connectivity index (χ1) is 7.75. The van der Waals surface area contributed by atoms with E-state index in [9.17, 15) is 0 Å². The van der Waals surface area contributed by atoms with Crippen molar-refractivity contribution in [1.29, 1.82) is 0 Å². The van der Waals surface area contributed by atoms with E-state index in [2.05, 4.69) is 35.3 Å². The molecule has 16 heavy (non-hydrogen) atoms. The van der Waals surface area contributed by atoms with Crippen LogP contribution in [0.15, 0.2) is 11.4 Å². The van der Waals surface area contributed by atoms with Crippen molar-refractivity contribution in [2.75, 3.05) is 27.2 Å². The highest BCUT2D eigenvalue weighted by atomic mass is 32.1. The van der Waals surface area contributed by atoms with Gasteiger partial charge in [-0.2, -0.15) is 5.10 Å². The van der Waals surface area contributed by atoms with Crippen LogP contribution in [-0.4, -0.2) is 37.0 Å². The fourth-order valence-corrected chi connectivity index (χ4v) is 3.16. The minimum Gasteiger partial charge on any atom is -0.364 e. The monoisotopic (exact) mass is 238 g/mol. The van der Waals surface area contributed by atoms with Crippen LogP contribution in [0.3, 0.4) is 0 Å². The van der Waals surface area contributed by atoms with Crippen molar-refractivity contribution >= 4 is 21.6 Å². The fraction of sp³-hybridized carbons (Fsp3) is 0.545. The van der Waals surface area contributed by atoms with Gasteiger partial charge in [0.05, 0.1) is 37.6 Å². The van der Waals surface area contributed by atoms with Crippen molar-refractivity contribution in [1.82, 2.24) is 9.78 Å². The molecule has 0 bridgehead atoms. The van der Waals surface area contributed by atoms with Crippen molar-refractivity contribution in [3.05, 3.63) is 17.1 Å². The highest BCUT2D eigenvalue weighted by Crippen LogP contribution is 2.32. The molecule has 0 fully saturated rings. The van der Waals surface area contributed by atoms with Crippen LogP contribution in [0.5, 0.6) is 0 Å². The van der Waals surface area contributed by atoms with E-state index in [0.717, 1.165) is 25.2 Å². The lowest BCUT2D eigenvalue weighted by atomic mass is 10.2. The maximum Gasteiger partial charge on any atom is 0.149 e. The van der Waals surface area contributed by atoms with Crippen LogP contribution in [-0.2, 0) is 11.3 Å². The third-order valence-electron chi connectivity index (χ3n) is 2.90. The molecule has 1 aliphatic heterocycles. The van der Waals surface area contributed by atoms with E-state index in [-0.39, 0.29) is 6.10 Å². The van der Waals surface area contributed by atoms with E-state index < -0.39 is 0 Å². The molecular weight excluding hydrogens is 222 g/mol. The van der Waals surface area contributed by atoms with Gasteiger partial charge in [0.15, 0.2) is 0 Å². The standard InChI is InChI=1S/C11H15N3OS/c1-13(2)7-9-10-11-8(3-6-16-11)12-14(10)4-5-15-9/h3,6,9H,4-5,7H2,1-2H3/p+1. The zero-order valence-electron chi connectivity index (χ0n) is 9.56. The Hall–Kier alpha value is -0.910. The Morgan fingerprint density at radius 1 is 1.62 bits per heavy atom. The first-order valence-corrected chi connectivity index (χ1v) is 6.48. The van der Waals surface area contributed by atoms with Crippen molar-refractivity contribution in [3.63, 3.8) is 0 Å². The predicted octanol–water partition coefficient (Wildman–Crippen LogP) is 0.314. The lowest BCUT2D eigenvalue weighted by Gasteiger charge is -2.25. The zero-order valence-corrected chi connectivity index (χ0v) is 10.4. The van der Waals surface area contributed by atoms with Gasteiger partial charge in [-0.05, 0) is 11.4 Å². The molecule has 1 aliphatic rings. The second-order valence-electron chi connectivity index (χ2n) is 4.51. The van der Waals surface area contributed by atoms with Crippen molar-refractivity contribution in [2.45, 2.75) is 12.6 Å². The Morgan fingerprint density at radius 3 is 3.31 bits per heavy atom. The summed E-state index contributed by atoms with van der Waals surface area (Å²) >= 11 is 1.77. The smallest absolute Gasteiger partial charge is 0.149 e. The van der Waals surface area contributed by atoms with Crippen molar-refractivity contribution in [2.24, 2.45) is 0 Å². The van der Waals surface area contributed by atoms with E-state index >= 15 is 0 Å². The molecule has 0 saturated carbocycles. The Kier molecular flexibility index (Phi) is 2.46. The van der Waals surface area contributed by atoms with E-state index in [4.69, 9.17) is 4.74 Å². The maximum absolute atomic E-state index is 5.88. The Labute approximate surface area is 98.4 Å². The summed E-state index contributed by atoms with van der Waals surface area (Å²) in [7, 11) is 4.31. The van der Waals surface area contributed by atoms with Gasteiger partial charge < -0.3 is 9.64 Å². The topological polar surface area (TPSA) is 31.5 Å². The molecule has 3 heterocycles. The van der Waals surface area contributed by atoms with E-state index in [1.807, 2.05) is 0 Å². The average Bonchev–Trinajstić information content (AvgIpc) is 2.75. The summed E-state index contributed by atoms with van der Waals surface area (Å²) in [6, 6.07) is 2.09. The molecule has 0 radical (unpaired) electrons. The van der Waals surface area contributed by atoms with Crippen molar-refractivity contribution < 1.29 is 9.64 Å². The van der Waals surface area contributed by atoms with Gasteiger partial charge in [-0.1, -0.05) is 0 Å². The van der Waals surface area contributed by atoms with E-state index in [1.54, 1.807) is 11.3 Å². The normalized spacial score (nSPS) is 20.6. The van der Waals surface area contributed by atoms with E-state index in [1.165, 1.54) is 15.3 Å². The summed E-state index contributed by atoms with van der Waals surface area (Å²) in [4.78, 5) is 1.41. The molecule has 0 aliphatic carbocycles. The predicted molar refractivity (Wildman–Crippen MR) is 64.0 cm³/mol. The molecule has 3 rings (SSSR count). The quantitative estimate of drug-likeness (QED) is 0.817. The van der Waals surface area contributed by atoms with Crippen LogP contribution in [0.4, 0.5) is 0 Å². The number of ether oxygens (including phenoxy) is 1. The Balaban J connectivity index is 2.07. The SMILES string of the molecule is C[NH+](C)CC1OCCn2nc3ccsc3c21. The molecule has 4 nitrogen and oxygen atoms in total. The molecule has 0 saturated heterocycles. The number of hydrogen-bond acceptors (Lipinski definition) is 3. The lowest BCUT2D eigenvalue weighted by Crippen LogP contribution is -3.06. The van der Waals surface area contributed by atoms with Gasteiger partial charge in [0.1, 0.15) is 18.2 Å². The van der Waals surface area contributed by atoms with Gasteiger partial charge in [0.2, 0.25) is 0 Å². The minimum absolute atomic E-state index is 0.197. The number of nitrogens with one attached hydrogen (secondary N) is 1. The fourth-order valence-electron chi connectivity index (χ4n) is 2.24. The molecule has 1 atom stereocenters. The van der Waals surface area contributed by atoms with E-state index in [0.29, 0.717) is 0 Å². The average molecular weight is 238 g/mol. The third-order valence-corrected chi connectivity index (χ3v) is 3.83. The Morgan fingerprint density at radius 2 is 2.50 bits per heavy atom. The number of aromatic nitrogens is 2. The minimum atomic E-state index is 0.197. The largest absolute Gasteiger partial charge is 0.364 e. The number of fused-ring (bicyclic) bond motifs is 3. The molecular formula is C11H16N3OS+. The molecule has 1 unspecified atom stereocenters. The Bertz CT molecular complexity index is 502. The van der Waals surface area contributed by atoms with Crippen LogP contribution in [0.2, 0.25) is 0 Å². The number of nitrogens with zero attached hydrogens (tertiary/aromatic N) is 2.